The van der Waals surface area contributed by atoms with Crippen LogP contribution in [-0.2, 0) is 0 Å². The van der Waals surface area contributed by atoms with Crippen LogP contribution in [0.4, 0.5) is 0 Å². The normalized spacial score (nSPS) is 32.2. The SMILES string of the molecule is C1CCC(N2CCC3(CCNCC3)CC2)C1. The number of hydrogen-bond acceptors (Lipinski definition) is 2. The average Bonchev–Trinajstić information content (AvgIpc) is 2.85. The van der Waals surface area contributed by atoms with Crippen LogP contribution in [-0.4, -0.2) is 37.1 Å². The van der Waals surface area contributed by atoms with Crippen molar-refractivity contribution >= 4 is 0 Å². The van der Waals surface area contributed by atoms with Gasteiger partial charge in [0.15, 0.2) is 0 Å². The van der Waals surface area contributed by atoms with Crippen molar-refractivity contribution < 1.29 is 0 Å². The van der Waals surface area contributed by atoms with E-state index >= 15 is 0 Å². The largest absolute Gasteiger partial charge is 0.317 e. The van der Waals surface area contributed by atoms with Gasteiger partial charge in [-0.3, -0.25) is 0 Å². The first kappa shape index (κ1) is 11.0. The highest BCUT2D eigenvalue weighted by atomic mass is 15.2. The molecule has 0 aromatic rings. The molecule has 3 aliphatic rings. The molecule has 0 bridgehead atoms. The first-order chi connectivity index (χ1) is 7.88. The van der Waals surface area contributed by atoms with Crippen LogP contribution in [0.15, 0.2) is 0 Å². The van der Waals surface area contributed by atoms with Gasteiger partial charge in [-0.25, -0.2) is 0 Å². The molecule has 2 heteroatoms. The van der Waals surface area contributed by atoms with Gasteiger partial charge in [-0.1, -0.05) is 12.8 Å². The Morgan fingerprint density at radius 1 is 0.875 bits per heavy atom. The van der Waals surface area contributed by atoms with Crippen molar-refractivity contribution in [2.24, 2.45) is 5.41 Å². The standard InChI is InChI=1S/C14H26N2/c1-2-4-13(3-1)16-11-7-14(8-12-16)5-9-15-10-6-14/h13,15H,1-12H2. The van der Waals surface area contributed by atoms with Gasteiger partial charge in [-0.2, -0.15) is 0 Å². The minimum atomic E-state index is 0.736. The van der Waals surface area contributed by atoms with Crippen molar-refractivity contribution in [1.29, 1.82) is 0 Å². The summed E-state index contributed by atoms with van der Waals surface area (Å²) in [5, 5.41) is 3.51. The average molecular weight is 222 g/mol. The van der Waals surface area contributed by atoms with Crippen molar-refractivity contribution in [3.8, 4) is 0 Å². The van der Waals surface area contributed by atoms with Crippen LogP contribution >= 0.6 is 0 Å². The van der Waals surface area contributed by atoms with Crippen molar-refractivity contribution in [2.75, 3.05) is 26.2 Å². The van der Waals surface area contributed by atoms with Crippen LogP contribution in [0.3, 0.4) is 0 Å². The summed E-state index contributed by atoms with van der Waals surface area (Å²) in [5.41, 5.74) is 0.736. The first-order valence-electron chi connectivity index (χ1n) is 7.33. The Morgan fingerprint density at radius 2 is 1.50 bits per heavy atom. The highest BCUT2D eigenvalue weighted by Crippen LogP contribution is 2.41. The van der Waals surface area contributed by atoms with Crippen molar-refractivity contribution in [3.05, 3.63) is 0 Å². The maximum atomic E-state index is 3.51. The van der Waals surface area contributed by atoms with Crippen molar-refractivity contribution in [1.82, 2.24) is 10.2 Å². The second-order valence-electron chi connectivity index (χ2n) is 6.22. The van der Waals surface area contributed by atoms with Gasteiger partial charge in [-0.05, 0) is 70.1 Å². The molecule has 0 amide bonds. The summed E-state index contributed by atoms with van der Waals surface area (Å²) in [6.45, 7) is 5.32. The Balaban J connectivity index is 1.54. The van der Waals surface area contributed by atoms with Gasteiger partial charge in [-0.15, -0.1) is 0 Å². The molecule has 92 valence electrons. The number of piperidine rings is 2. The molecule has 0 atom stereocenters. The molecular formula is C14H26N2. The lowest BCUT2D eigenvalue weighted by molar-refractivity contribution is 0.0514. The number of rotatable bonds is 1. The minimum Gasteiger partial charge on any atom is -0.317 e. The zero-order valence-electron chi connectivity index (χ0n) is 10.5. The maximum absolute atomic E-state index is 3.51. The van der Waals surface area contributed by atoms with E-state index in [9.17, 15) is 0 Å². The summed E-state index contributed by atoms with van der Waals surface area (Å²) < 4.78 is 0. The van der Waals surface area contributed by atoms with Gasteiger partial charge >= 0.3 is 0 Å². The third-order valence-electron chi connectivity index (χ3n) is 5.36. The molecule has 1 N–H and O–H groups in total. The molecular weight excluding hydrogens is 196 g/mol. The molecule has 2 heterocycles. The topological polar surface area (TPSA) is 15.3 Å². The first-order valence-corrected chi connectivity index (χ1v) is 7.33. The van der Waals surface area contributed by atoms with Crippen molar-refractivity contribution in [2.45, 2.75) is 57.4 Å². The third-order valence-corrected chi connectivity index (χ3v) is 5.36. The monoisotopic (exact) mass is 222 g/mol. The Hall–Kier alpha value is -0.0800. The molecule has 2 saturated heterocycles. The maximum Gasteiger partial charge on any atom is 0.00952 e. The lowest BCUT2D eigenvalue weighted by Crippen LogP contribution is -2.47. The van der Waals surface area contributed by atoms with Crippen LogP contribution < -0.4 is 5.32 Å². The van der Waals surface area contributed by atoms with E-state index in [1.54, 1.807) is 0 Å². The molecule has 2 aliphatic heterocycles. The number of nitrogens with one attached hydrogen (secondary N) is 1. The fourth-order valence-electron chi connectivity index (χ4n) is 4.09. The number of nitrogens with zero attached hydrogens (tertiary/aromatic N) is 1. The molecule has 1 aliphatic carbocycles. The Bertz CT molecular complexity index is 217. The smallest absolute Gasteiger partial charge is 0.00952 e. The lowest BCUT2D eigenvalue weighted by Gasteiger charge is -2.46. The van der Waals surface area contributed by atoms with E-state index in [0.717, 1.165) is 11.5 Å². The summed E-state index contributed by atoms with van der Waals surface area (Å²) in [7, 11) is 0. The van der Waals surface area contributed by atoms with Crippen LogP contribution in [0, 0.1) is 5.41 Å². The molecule has 1 spiro atoms. The lowest BCUT2D eigenvalue weighted by atomic mass is 9.71. The molecule has 16 heavy (non-hydrogen) atoms. The van der Waals surface area contributed by atoms with E-state index in [2.05, 4.69) is 10.2 Å². The molecule has 1 saturated carbocycles. The van der Waals surface area contributed by atoms with Gasteiger partial charge in [0.25, 0.3) is 0 Å². The van der Waals surface area contributed by atoms with Gasteiger partial charge in [0.05, 0.1) is 0 Å². The zero-order valence-corrected chi connectivity index (χ0v) is 10.5. The molecule has 3 fully saturated rings. The summed E-state index contributed by atoms with van der Waals surface area (Å²) in [4.78, 5) is 2.81. The molecule has 2 nitrogen and oxygen atoms in total. The predicted octanol–water partition coefficient (Wildman–Crippen LogP) is 2.39. The summed E-state index contributed by atoms with van der Waals surface area (Å²) in [6.07, 6.45) is 11.8. The van der Waals surface area contributed by atoms with E-state index in [4.69, 9.17) is 0 Å². The molecule has 3 rings (SSSR count). The van der Waals surface area contributed by atoms with Gasteiger partial charge < -0.3 is 10.2 Å². The Kier molecular flexibility index (Phi) is 3.21. The Morgan fingerprint density at radius 3 is 2.12 bits per heavy atom. The van der Waals surface area contributed by atoms with Gasteiger partial charge in [0.2, 0.25) is 0 Å². The van der Waals surface area contributed by atoms with Gasteiger partial charge in [0.1, 0.15) is 0 Å². The Labute approximate surface area is 99.8 Å². The second-order valence-corrected chi connectivity index (χ2v) is 6.22. The zero-order chi connectivity index (χ0) is 10.8. The van der Waals surface area contributed by atoms with E-state index in [1.165, 1.54) is 77.5 Å². The molecule has 0 aromatic heterocycles. The fourth-order valence-corrected chi connectivity index (χ4v) is 4.09. The van der Waals surface area contributed by atoms with Crippen LogP contribution in [0.1, 0.15) is 51.4 Å². The summed E-state index contributed by atoms with van der Waals surface area (Å²) >= 11 is 0. The molecule has 0 unspecified atom stereocenters. The fraction of sp³-hybridized carbons (Fsp3) is 1.00. The summed E-state index contributed by atoms with van der Waals surface area (Å²) in [6, 6.07) is 0.957. The summed E-state index contributed by atoms with van der Waals surface area (Å²) in [5.74, 6) is 0. The van der Waals surface area contributed by atoms with E-state index in [-0.39, 0.29) is 0 Å². The van der Waals surface area contributed by atoms with E-state index < -0.39 is 0 Å². The van der Waals surface area contributed by atoms with Crippen LogP contribution in [0.5, 0.6) is 0 Å². The second kappa shape index (κ2) is 4.66. The molecule has 0 radical (unpaired) electrons. The number of likely N-dealkylation sites (tertiary alicyclic amines) is 1. The molecule has 0 aromatic carbocycles. The van der Waals surface area contributed by atoms with Crippen LogP contribution in [0.25, 0.3) is 0 Å². The minimum absolute atomic E-state index is 0.736. The van der Waals surface area contributed by atoms with E-state index in [1.807, 2.05) is 0 Å². The van der Waals surface area contributed by atoms with Crippen LogP contribution in [0.2, 0.25) is 0 Å². The third kappa shape index (κ3) is 2.14. The quantitative estimate of drug-likeness (QED) is 0.733. The number of hydrogen-bond donors (Lipinski definition) is 1. The van der Waals surface area contributed by atoms with Gasteiger partial charge in [0, 0.05) is 6.04 Å². The predicted molar refractivity (Wildman–Crippen MR) is 67.6 cm³/mol. The van der Waals surface area contributed by atoms with E-state index in [0.29, 0.717) is 0 Å². The highest BCUT2D eigenvalue weighted by molar-refractivity contribution is 4.91. The van der Waals surface area contributed by atoms with Crippen molar-refractivity contribution in [3.63, 3.8) is 0 Å². The highest BCUT2D eigenvalue weighted by Gasteiger charge is 2.37.